The number of rotatable bonds is 4. The van der Waals surface area contributed by atoms with Crippen molar-refractivity contribution >= 4 is 0 Å². The van der Waals surface area contributed by atoms with Crippen LogP contribution in [0.2, 0.25) is 0 Å². The number of alkyl halides is 4. The third kappa shape index (κ3) is 2.59. The first-order chi connectivity index (χ1) is 6.66. The largest absolute Gasteiger partial charge is 0.248 e. The van der Waals surface area contributed by atoms with Crippen LogP contribution in [-0.4, -0.2) is 25.2 Å². The van der Waals surface area contributed by atoms with E-state index in [4.69, 9.17) is 0 Å². The summed E-state index contributed by atoms with van der Waals surface area (Å²) in [6.07, 6.45) is 0.200. The van der Waals surface area contributed by atoms with Gasteiger partial charge in [-0.25, -0.2) is 17.6 Å². The molecule has 0 aromatic rings. The molecule has 1 rings (SSSR count). The number of hydrogen-bond acceptors (Lipinski definition) is 0. The number of halogens is 4. The van der Waals surface area contributed by atoms with Gasteiger partial charge in [0.05, 0.1) is 0 Å². The predicted octanol–water partition coefficient (Wildman–Crippen LogP) is 3.10. The van der Waals surface area contributed by atoms with Crippen molar-refractivity contribution in [1.82, 2.24) is 0 Å². The quantitative estimate of drug-likeness (QED) is 0.492. The first kappa shape index (κ1) is 11.3. The molecule has 14 heavy (non-hydrogen) atoms. The van der Waals surface area contributed by atoms with E-state index in [1.54, 1.807) is 12.2 Å². The summed E-state index contributed by atoms with van der Waals surface area (Å²) >= 11 is 0. The number of allylic oxidation sites excluding steroid dienone is 4. The fraction of sp³-hybridized carbons (Fsp3) is 0.600. The van der Waals surface area contributed by atoms with E-state index < -0.39 is 31.1 Å². The summed E-state index contributed by atoms with van der Waals surface area (Å²) in [5, 5.41) is 0. The Morgan fingerprint density at radius 2 is 1.71 bits per heavy atom. The minimum atomic E-state index is -2.39. The molecule has 0 spiro atoms. The van der Waals surface area contributed by atoms with Crippen LogP contribution in [0.5, 0.6) is 0 Å². The Morgan fingerprint density at radius 3 is 2.21 bits per heavy atom. The van der Waals surface area contributed by atoms with Crippen molar-refractivity contribution in [2.24, 2.45) is 5.92 Å². The molecular formula is C10H12F4. The fourth-order valence-electron chi connectivity index (χ4n) is 1.32. The van der Waals surface area contributed by atoms with Gasteiger partial charge in [-0.1, -0.05) is 24.3 Å². The summed E-state index contributed by atoms with van der Waals surface area (Å²) in [7, 11) is 0. The highest BCUT2D eigenvalue weighted by atomic mass is 19.2. The Kier molecular flexibility index (Phi) is 4.17. The number of hydrogen-bond donors (Lipinski definition) is 0. The molecule has 0 bridgehead atoms. The van der Waals surface area contributed by atoms with Crippen LogP contribution in [0.3, 0.4) is 0 Å². The van der Waals surface area contributed by atoms with Gasteiger partial charge < -0.3 is 0 Å². The third-order valence-corrected chi connectivity index (χ3v) is 2.15. The van der Waals surface area contributed by atoms with Gasteiger partial charge in [-0.05, 0) is 6.42 Å². The molecule has 3 atom stereocenters. The lowest BCUT2D eigenvalue weighted by molar-refractivity contribution is 0.0556. The molecule has 0 aromatic heterocycles. The van der Waals surface area contributed by atoms with E-state index in [1.807, 2.05) is 0 Å². The standard InChI is InChI=1S/C10H12F4/c11-6-8(12)10(14)9(13)7-4-2-1-3-5-7/h2-5,7-10H,1,6H2. The molecule has 1 aliphatic carbocycles. The van der Waals surface area contributed by atoms with Crippen molar-refractivity contribution in [3.8, 4) is 0 Å². The van der Waals surface area contributed by atoms with Crippen molar-refractivity contribution in [3.63, 3.8) is 0 Å². The average Bonchev–Trinajstić information content (AvgIpc) is 2.27. The van der Waals surface area contributed by atoms with Crippen molar-refractivity contribution in [2.45, 2.75) is 24.9 Å². The molecule has 0 aromatic carbocycles. The van der Waals surface area contributed by atoms with E-state index in [0.717, 1.165) is 0 Å². The molecule has 3 unspecified atom stereocenters. The van der Waals surface area contributed by atoms with Gasteiger partial charge in [-0.3, -0.25) is 0 Å². The monoisotopic (exact) mass is 208 g/mol. The Balaban J connectivity index is 2.54. The van der Waals surface area contributed by atoms with Gasteiger partial charge in [-0.15, -0.1) is 0 Å². The molecule has 0 amide bonds. The summed E-state index contributed by atoms with van der Waals surface area (Å²) in [6, 6.07) is 0. The maximum atomic E-state index is 13.2. The lowest BCUT2D eigenvalue weighted by Crippen LogP contribution is -2.34. The van der Waals surface area contributed by atoms with Crippen molar-refractivity contribution in [2.75, 3.05) is 6.67 Å². The highest BCUT2D eigenvalue weighted by molar-refractivity contribution is 5.12. The second-order valence-corrected chi connectivity index (χ2v) is 3.23. The van der Waals surface area contributed by atoms with E-state index in [0.29, 0.717) is 6.42 Å². The van der Waals surface area contributed by atoms with E-state index >= 15 is 0 Å². The average molecular weight is 208 g/mol. The van der Waals surface area contributed by atoms with E-state index in [2.05, 4.69) is 0 Å². The second kappa shape index (κ2) is 5.17. The highest BCUT2D eigenvalue weighted by Crippen LogP contribution is 2.24. The molecular weight excluding hydrogens is 196 g/mol. The Morgan fingerprint density at radius 1 is 1.14 bits per heavy atom. The van der Waals surface area contributed by atoms with Gasteiger partial charge in [0.25, 0.3) is 0 Å². The van der Waals surface area contributed by atoms with Crippen molar-refractivity contribution in [3.05, 3.63) is 24.3 Å². The van der Waals surface area contributed by atoms with E-state index in [1.165, 1.54) is 12.2 Å². The molecule has 0 heterocycles. The van der Waals surface area contributed by atoms with Gasteiger partial charge >= 0.3 is 0 Å². The minimum absolute atomic E-state index is 0.669. The first-order valence-corrected chi connectivity index (χ1v) is 4.48. The molecule has 0 N–H and O–H groups in total. The molecule has 4 heteroatoms. The van der Waals surface area contributed by atoms with Crippen molar-refractivity contribution < 1.29 is 17.6 Å². The zero-order valence-electron chi connectivity index (χ0n) is 7.54. The van der Waals surface area contributed by atoms with E-state index in [-0.39, 0.29) is 0 Å². The predicted molar refractivity (Wildman–Crippen MR) is 47.1 cm³/mol. The van der Waals surface area contributed by atoms with Gasteiger partial charge in [0, 0.05) is 5.92 Å². The Labute approximate surface area is 80.3 Å². The normalized spacial score (nSPS) is 23.4. The lowest BCUT2D eigenvalue weighted by atomic mass is 9.94. The van der Waals surface area contributed by atoms with Crippen LogP contribution in [0.4, 0.5) is 17.6 Å². The van der Waals surface area contributed by atoms with Gasteiger partial charge in [-0.2, -0.15) is 0 Å². The second-order valence-electron chi connectivity index (χ2n) is 3.23. The molecule has 80 valence electrons. The summed E-state index contributed by atoms with van der Waals surface area (Å²) in [5.74, 6) is -0.774. The van der Waals surface area contributed by atoms with Crippen LogP contribution in [0.1, 0.15) is 6.42 Å². The van der Waals surface area contributed by atoms with Crippen LogP contribution in [0.15, 0.2) is 24.3 Å². The van der Waals surface area contributed by atoms with Crippen molar-refractivity contribution in [1.29, 1.82) is 0 Å². The zero-order valence-corrected chi connectivity index (χ0v) is 7.54. The van der Waals surface area contributed by atoms with Crippen LogP contribution < -0.4 is 0 Å². The summed E-state index contributed by atoms with van der Waals surface area (Å²) in [6.45, 7) is -1.48. The molecule has 0 saturated carbocycles. The smallest absolute Gasteiger partial charge is 0.166 e. The van der Waals surface area contributed by atoms with Crippen LogP contribution in [-0.2, 0) is 0 Å². The molecule has 0 saturated heterocycles. The van der Waals surface area contributed by atoms with Crippen LogP contribution in [0.25, 0.3) is 0 Å². The van der Waals surface area contributed by atoms with Gasteiger partial charge in [0.2, 0.25) is 0 Å². The Bertz CT molecular complexity index is 212. The summed E-state index contributed by atoms with van der Waals surface area (Å²) in [5.41, 5.74) is 0. The van der Waals surface area contributed by atoms with Gasteiger partial charge in [0.15, 0.2) is 12.3 Å². The molecule has 1 aliphatic rings. The van der Waals surface area contributed by atoms with Gasteiger partial charge in [0.1, 0.15) is 12.8 Å². The fourth-order valence-corrected chi connectivity index (χ4v) is 1.32. The minimum Gasteiger partial charge on any atom is -0.248 e. The summed E-state index contributed by atoms with van der Waals surface area (Å²) in [4.78, 5) is 0. The molecule has 0 radical (unpaired) electrons. The maximum Gasteiger partial charge on any atom is 0.166 e. The summed E-state index contributed by atoms with van der Waals surface area (Å²) < 4.78 is 50.4. The molecule has 0 fully saturated rings. The lowest BCUT2D eigenvalue weighted by Gasteiger charge is -2.21. The topological polar surface area (TPSA) is 0 Å². The molecule has 0 aliphatic heterocycles. The maximum absolute atomic E-state index is 13.2. The highest BCUT2D eigenvalue weighted by Gasteiger charge is 2.33. The van der Waals surface area contributed by atoms with Crippen LogP contribution >= 0.6 is 0 Å². The van der Waals surface area contributed by atoms with E-state index in [9.17, 15) is 17.6 Å². The Hall–Kier alpha value is -0.800. The first-order valence-electron chi connectivity index (χ1n) is 4.48. The molecule has 0 nitrogen and oxygen atoms in total. The third-order valence-electron chi connectivity index (χ3n) is 2.15. The van der Waals surface area contributed by atoms with Crippen LogP contribution in [0, 0.1) is 5.92 Å². The zero-order chi connectivity index (χ0) is 10.6. The SMILES string of the molecule is FCC(F)C(F)C(F)C1C=CCC=C1.